The Labute approximate surface area is 156 Å². The van der Waals surface area contributed by atoms with Crippen LogP contribution in [-0.2, 0) is 4.79 Å². The number of hydrogen-bond donors (Lipinski definition) is 1. The molecule has 1 N–H and O–H groups in total. The standard InChI is InChI=1S/C22H29NO3/c1-6-19(26-21-13-15(2)11-12-17(21)4)22(24)23-18(5)14-25-20-10-8-7-9-16(20)3/h7-13,18-19H,6,14H2,1-5H3,(H,23,24). The van der Waals surface area contributed by atoms with E-state index < -0.39 is 6.10 Å². The zero-order valence-electron chi connectivity index (χ0n) is 16.3. The van der Waals surface area contributed by atoms with Crippen molar-refractivity contribution in [1.29, 1.82) is 0 Å². The number of ether oxygens (including phenoxy) is 2. The summed E-state index contributed by atoms with van der Waals surface area (Å²) in [6, 6.07) is 13.8. The van der Waals surface area contributed by atoms with Crippen LogP contribution in [0, 0.1) is 20.8 Å². The Morgan fingerprint density at radius 3 is 2.42 bits per heavy atom. The first-order chi connectivity index (χ1) is 12.4. The van der Waals surface area contributed by atoms with Gasteiger partial charge >= 0.3 is 0 Å². The second-order valence-electron chi connectivity index (χ2n) is 6.77. The predicted molar refractivity (Wildman–Crippen MR) is 105 cm³/mol. The fraction of sp³-hybridized carbons (Fsp3) is 0.409. The van der Waals surface area contributed by atoms with Crippen LogP contribution in [0.2, 0.25) is 0 Å². The molecule has 1 amide bonds. The van der Waals surface area contributed by atoms with Crippen molar-refractivity contribution in [3.63, 3.8) is 0 Å². The fourth-order valence-electron chi connectivity index (χ4n) is 2.62. The van der Waals surface area contributed by atoms with E-state index in [4.69, 9.17) is 9.47 Å². The van der Waals surface area contributed by atoms with Gasteiger partial charge in [0.05, 0.1) is 6.04 Å². The predicted octanol–water partition coefficient (Wildman–Crippen LogP) is 4.35. The summed E-state index contributed by atoms with van der Waals surface area (Å²) < 4.78 is 11.8. The summed E-state index contributed by atoms with van der Waals surface area (Å²) in [5, 5.41) is 2.99. The van der Waals surface area contributed by atoms with Crippen LogP contribution in [0.3, 0.4) is 0 Å². The van der Waals surface area contributed by atoms with E-state index in [2.05, 4.69) is 5.32 Å². The zero-order valence-corrected chi connectivity index (χ0v) is 16.3. The van der Waals surface area contributed by atoms with Crippen molar-refractivity contribution < 1.29 is 14.3 Å². The molecule has 0 radical (unpaired) electrons. The summed E-state index contributed by atoms with van der Waals surface area (Å²) in [5.74, 6) is 1.48. The fourth-order valence-corrected chi connectivity index (χ4v) is 2.62. The molecule has 140 valence electrons. The lowest BCUT2D eigenvalue weighted by Crippen LogP contribution is -2.44. The monoisotopic (exact) mass is 355 g/mol. The molecule has 0 spiro atoms. The summed E-state index contributed by atoms with van der Waals surface area (Å²) in [6.45, 7) is 10.3. The van der Waals surface area contributed by atoms with Gasteiger partial charge in [0.25, 0.3) is 5.91 Å². The molecule has 2 atom stereocenters. The largest absolute Gasteiger partial charge is 0.491 e. The maximum Gasteiger partial charge on any atom is 0.261 e. The number of benzene rings is 2. The lowest BCUT2D eigenvalue weighted by molar-refractivity contribution is -0.129. The number of rotatable bonds is 8. The topological polar surface area (TPSA) is 47.6 Å². The molecule has 4 heteroatoms. The van der Waals surface area contributed by atoms with E-state index in [1.165, 1.54) is 0 Å². The SMILES string of the molecule is CCC(Oc1cc(C)ccc1C)C(=O)NC(C)COc1ccccc1C. The highest BCUT2D eigenvalue weighted by Crippen LogP contribution is 2.21. The molecule has 0 aliphatic heterocycles. The molecule has 2 aromatic carbocycles. The van der Waals surface area contributed by atoms with E-state index in [1.54, 1.807) is 0 Å². The van der Waals surface area contributed by atoms with Gasteiger partial charge in [0.15, 0.2) is 6.10 Å². The molecule has 2 aromatic rings. The maximum atomic E-state index is 12.6. The van der Waals surface area contributed by atoms with Crippen LogP contribution in [-0.4, -0.2) is 24.7 Å². The Morgan fingerprint density at radius 2 is 1.73 bits per heavy atom. The highest BCUT2D eigenvalue weighted by Gasteiger charge is 2.21. The molecule has 0 saturated heterocycles. The van der Waals surface area contributed by atoms with Gasteiger partial charge in [-0.3, -0.25) is 4.79 Å². The van der Waals surface area contributed by atoms with Gasteiger partial charge in [-0.25, -0.2) is 0 Å². The van der Waals surface area contributed by atoms with Crippen molar-refractivity contribution in [3.05, 3.63) is 59.2 Å². The minimum Gasteiger partial charge on any atom is -0.491 e. The number of amides is 1. The Hall–Kier alpha value is -2.49. The molecule has 0 aromatic heterocycles. The quantitative estimate of drug-likeness (QED) is 0.766. The van der Waals surface area contributed by atoms with E-state index in [0.717, 1.165) is 28.2 Å². The second-order valence-corrected chi connectivity index (χ2v) is 6.77. The molecule has 0 saturated carbocycles. The maximum absolute atomic E-state index is 12.6. The number of carbonyl (C=O) groups excluding carboxylic acids is 1. The molecule has 4 nitrogen and oxygen atoms in total. The van der Waals surface area contributed by atoms with Gasteiger partial charge in [0, 0.05) is 0 Å². The van der Waals surface area contributed by atoms with Crippen LogP contribution < -0.4 is 14.8 Å². The Balaban J connectivity index is 1.91. The molecular weight excluding hydrogens is 326 g/mol. The highest BCUT2D eigenvalue weighted by molar-refractivity contribution is 5.81. The number of aryl methyl sites for hydroxylation is 3. The average Bonchev–Trinajstić information content (AvgIpc) is 2.61. The van der Waals surface area contributed by atoms with Gasteiger partial charge < -0.3 is 14.8 Å². The lowest BCUT2D eigenvalue weighted by atomic mass is 10.1. The molecular formula is C22H29NO3. The molecule has 2 rings (SSSR count). The first kappa shape index (κ1) is 19.8. The summed E-state index contributed by atoms with van der Waals surface area (Å²) in [7, 11) is 0. The van der Waals surface area contributed by atoms with Crippen molar-refractivity contribution in [2.75, 3.05) is 6.61 Å². The van der Waals surface area contributed by atoms with E-state index in [-0.39, 0.29) is 11.9 Å². The summed E-state index contributed by atoms with van der Waals surface area (Å²) in [6.07, 6.45) is 0.0846. The highest BCUT2D eigenvalue weighted by atomic mass is 16.5. The van der Waals surface area contributed by atoms with Crippen molar-refractivity contribution >= 4 is 5.91 Å². The number of para-hydroxylation sites is 1. The summed E-state index contributed by atoms with van der Waals surface area (Å²) >= 11 is 0. The zero-order chi connectivity index (χ0) is 19.1. The van der Waals surface area contributed by atoms with E-state index in [1.807, 2.05) is 77.1 Å². The van der Waals surface area contributed by atoms with Gasteiger partial charge in [-0.15, -0.1) is 0 Å². The molecule has 0 aliphatic carbocycles. The molecule has 2 unspecified atom stereocenters. The third-order valence-electron chi connectivity index (χ3n) is 4.25. The minimum absolute atomic E-state index is 0.113. The molecule has 0 heterocycles. The molecule has 0 fully saturated rings. The van der Waals surface area contributed by atoms with Gasteiger partial charge in [-0.1, -0.05) is 37.3 Å². The number of nitrogens with one attached hydrogen (secondary N) is 1. The molecule has 0 aliphatic rings. The van der Waals surface area contributed by atoms with Crippen molar-refractivity contribution in [1.82, 2.24) is 5.32 Å². The summed E-state index contributed by atoms with van der Waals surface area (Å²) in [5.41, 5.74) is 3.22. The van der Waals surface area contributed by atoms with Crippen LogP contribution >= 0.6 is 0 Å². The minimum atomic E-state index is -0.517. The second kappa shape index (κ2) is 9.27. The van der Waals surface area contributed by atoms with Crippen LogP contribution in [0.4, 0.5) is 0 Å². The third-order valence-corrected chi connectivity index (χ3v) is 4.25. The average molecular weight is 355 g/mol. The first-order valence-electron chi connectivity index (χ1n) is 9.13. The Morgan fingerprint density at radius 1 is 1.04 bits per heavy atom. The van der Waals surface area contributed by atoms with E-state index in [0.29, 0.717) is 13.0 Å². The Bertz CT molecular complexity index is 742. The summed E-state index contributed by atoms with van der Waals surface area (Å²) in [4.78, 5) is 12.6. The number of carbonyl (C=O) groups is 1. The van der Waals surface area contributed by atoms with Crippen LogP contribution in [0.1, 0.15) is 37.0 Å². The van der Waals surface area contributed by atoms with Gasteiger partial charge in [-0.2, -0.15) is 0 Å². The first-order valence-corrected chi connectivity index (χ1v) is 9.13. The van der Waals surface area contributed by atoms with E-state index in [9.17, 15) is 4.79 Å². The smallest absolute Gasteiger partial charge is 0.261 e. The van der Waals surface area contributed by atoms with Gasteiger partial charge in [0.2, 0.25) is 0 Å². The van der Waals surface area contributed by atoms with Crippen molar-refractivity contribution in [2.45, 2.75) is 53.2 Å². The van der Waals surface area contributed by atoms with Crippen molar-refractivity contribution in [2.24, 2.45) is 0 Å². The van der Waals surface area contributed by atoms with Crippen LogP contribution in [0.25, 0.3) is 0 Å². The number of hydrogen-bond acceptors (Lipinski definition) is 3. The van der Waals surface area contributed by atoms with Gasteiger partial charge in [-0.05, 0) is 62.9 Å². The van der Waals surface area contributed by atoms with Crippen molar-refractivity contribution in [3.8, 4) is 11.5 Å². The van der Waals surface area contributed by atoms with Crippen LogP contribution in [0.15, 0.2) is 42.5 Å². The molecule has 0 bridgehead atoms. The lowest BCUT2D eigenvalue weighted by Gasteiger charge is -2.22. The molecule has 26 heavy (non-hydrogen) atoms. The normalized spacial score (nSPS) is 13.0. The van der Waals surface area contributed by atoms with Crippen LogP contribution in [0.5, 0.6) is 11.5 Å². The van der Waals surface area contributed by atoms with Gasteiger partial charge in [0.1, 0.15) is 18.1 Å². The third kappa shape index (κ3) is 5.51. The van der Waals surface area contributed by atoms with E-state index >= 15 is 0 Å². The Kier molecular flexibility index (Phi) is 7.07.